The number of piperidine rings is 1. The number of rotatable bonds is 4. The van der Waals surface area contributed by atoms with E-state index in [1.165, 1.54) is 32.2 Å². The molecule has 0 aliphatic carbocycles. The lowest BCUT2D eigenvalue weighted by atomic mass is 9.94. The number of hydrogen-bond acceptors (Lipinski definition) is 4. The highest BCUT2D eigenvalue weighted by atomic mass is 16.5. The van der Waals surface area contributed by atoms with Gasteiger partial charge in [0.2, 0.25) is 0 Å². The van der Waals surface area contributed by atoms with Gasteiger partial charge in [0.15, 0.2) is 0 Å². The van der Waals surface area contributed by atoms with Crippen LogP contribution in [0.2, 0.25) is 0 Å². The number of aromatic nitrogens is 2. The number of hydrogen-bond donors (Lipinski definition) is 0. The normalized spacial score (nSPS) is 20.7. The van der Waals surface area contributed by atoms with Crippen molar-refractivity contribution in [2.24, 2.45) is 11.8 Å². The molecule has 2 saturated heterocycles. The Morgan fingerprint density at radius 1 is 1.04 bits per heavy atom. The van der Waals surface area contributed by atoms with Crippen molar-refractivity contribution in [2.75, 3.05) is 32.8 Å². The van der Waals surface area contributed by atoms with Gasteiger partial charge in [0, 0.05) is 26.3 Å². The van der Waals surface area contributed by atoms with Crippen molar-refractivity contribution in [1.82, 2.24) is 14.5 Å². The average molecular weight is 355 g/mol. The van der Waals surface area contributed by atoms with Gasteiger partial charge in [-0.05, 0) is 69.7 Å². The third kappa shape index (κ3) is 3.84. The van der Waals surface area contributed by atoms with Gasteiger partial charge in [-0.25, -0.2) is 4.98 Å². The van der Waals surface area contributed by atoms with E-state index < -0.39 is 0 Å². The van der Waals surface area contributed by atoms with Crippen molar-refractivity contribution in [3.8, 4) is 0 Å². The van der Waals surface area contributed by atoms with Gasteiger partial charge in [-0.15, -0.1) is 0 Å². The van der Waals surface area contributed by atoms with E-state index in [1.807, 2.05) is 35.8 Å². The quantitative estimate of drug-likeness (QED) is 0.846. The Hall–Kier alpha value is -1.72. The first-order chi connectivity index (χ1) is 12.7. The third-order valence-electron chi connectivity index (χ3n) is 6.06. The van der Waals surface area contributed by atoms with Crippen LogP contribution in [0.4, 0.5) is 0 Å². The minimum Gasteiger partial charge on any atom is -0.381 e. The van der Waals surface area contributed by atoms with Crippen LogP contribution in [0.3, 0.4) is 0 Å². The van der Waals surface area contributed by atoms with Gasteiger partial charge in [0.05, 0.1) is 10.9 Å². The van der Waals surface area contributed by atoms with Gasteiger partial charge in [-0.3, -0.25) is 9.36 Å². The second kappa shape index (κ2) is 7.89. The van der Waals surface area contributed by atoms with Crippen LogP contribution in [-0.4, -0.2) is 47.3 Å². The molecule has 0 spiro atoms. The monoisotopic (exact) mass is 355 g/mol. The molecule has 0 atom stereocenters. The molecule has 26 heavy (non-hydrogen) atoms. The summed E-state index contributed by atoms with van der Waals surface area (Å²) in [6, 6.07) is 7.66. The van der Waals surface area contributed by atoms with E-state index in [4.69, 9.17) is 4.74 Å². The zero-order chi connectivity index (χ0) is 17.9. The fourth-order valence-electron chi connectivity index (χ4n) is 4.40. The summed E-state index contributed by atoms with van der Waals surface area (Å²) in [7, 11) is 0. The Morgan fingerprint density at radius 3 is 2.50 bits per heavy atom. The molecule has 5 heteroatoms. The van der Waals surface area contributed by atoms with Gasteiger partial charge in [0.1, 0.15) is 5.82 Å². The molecule has 0 amide bonds. The van der Waals surface area contributed by atoms with E-state index in [9.17, 15) is 4.79 Å². The molecule has 0 radical (unpaired) electrons. The maximum absolute atomic E-state index is 12.9. The number of nitrogens with zero attached hydrogens (tertiary/aromatic N) is 3. The minimum atomic E-state index is 0.109. The molecular formula is C21H29N3O2. The number of ether oxygens (including phenoxy) is 1. The van der Waals surface area contributed by atoms with E-state index in [0.29, 0.717) is 5.92 Å². The summed E-state index contributed by atoms with van der Waals surface area (Å²) in [5.74, 6) is 2.20. The van der Waals surface area contributed by atoms with Crippen LogP contribution in [0.25, 0.3) is 10.9 Å². The van der Waals surface area contributed by atoms with Gasteiger partial charge in [0.25, 0.3) is 5.56 Å². The van der Waals surface area contributed by atoms with Crippen molar-refractivity contribution in [2.45, 2.75) is 39.2 Å². The number of fused-ring (bicyclic) bond motifs is 1. The van der Waals surface area contributed by atoms with Crippen LogP contribution in [0.1, 0.15) is 31.5 Å². The number of aryl methyl sites for hydroxylation is 1. The van der Waals surface area contributed by atoms with Crippen LogP contribution >= 0.6 is 0 Å². The average Bonchev–Trinajstić information content (AvgIpc) is 2.67. The van der Waals surface area contributed by atoms with Crippen molar-refractivity contribution in [3.05, 3.63) is 40.4 Å². The van der Waals surface area contributed by atoms with Crippen molar-refractivity contribution in [1.29, 1.82) is 0 Å². The zero-order valence-electron chi connectivity index (χ0n) is 15.7. The lowest BCUT2D eigenvalue weighted by molar-refractivity contribution is 0.0461. The minimum absolute atomic E-state index is 0.109. The van der Waals surface area contributed by atoms with Gasteiger partial charge in [-0.2, -0.15) is 0 Å². The van der Waals surface area contributed by atoms with Crippen LogP contribution < -0.4 is 5.56 Å². The van der Waals surface area contributed by atoms with E-state index in [2.05, 4.69) is 9.88 Å². The highest BCUT2D eigenvalue weighted by Crippen LogP contribution is 2.23. The maximum Gasteiger partial charge on any atom is 0.261 e. The molecule has 5 nitrogen and oxygen atoms in total. The topological polar surface area (TPSA) is 47.4 Å². The fraction of sp³-hybridized carbons (Fsp3) is 0.619. The Kier molecular flexibility index (Phi) is 5.36. The first-order valence-corrected chi connectivity index (χ1v) is 9.97. The van der Waals surface area contributed by atoms with Crippen molar-refractivity contribution < 1.29 is 4.74 Å². The second-order valence-electron chi connectivity index (χ2n) is 7.89. The summed E-state index contributed by atoms with van der Waals surface area (Å²) in [6.07, 6.45) is 4.75. The summed E-state index contributed by atoms with van der Waals surface area (Å²) in [5, 5.41) is 0.732. The summed E-state index contributed by atoms with van der Waals surface area (Å²) >= 11 is 0. The van der Waals surface area contributed by atoms with Gasteiger partial charge < -0.3 is 9.64 Å². The third-order valence-corrected chi connectivity index (χ3v) is 6.06. The molecule has 1 aromatic carbocycles. The SMILES string of the molecule is Cc1nc2ccccc2c(=O)n1CC1CCN(CC2CCOCC2)CC1. The molecule has 0 unspecified atom stereocenters. The molecule has 2 aliphatic heterocycles. The molecule has 0 bridgehead atoms. The summed E-state index contributed by atoms with van der Waals surface area (Å²) in [5.41, 5.74) is 0.912. The smallest absolute Gasteiger partial charge is 0.261 e. The molecule has 2 aliphatic rings. The molecule has 2 fully saturated rings. The van der Waals surface area contributed by atoms with Crippen LogP contribution in [0.5, 0.6) is 0 Å². The molecule has 1 aromatic heterocycles. The predicted molar refractivity (Wildman–Crippen MR) is 103 cm³/mol. The lowest BCUT2D eigenvalue weighted by Gasteiger charge is -2.35. The Balaban J connectivity index is 1.38. The number of para-hydroxylation sites is 1. The summed E-state index contributed by atoms with van der Waals surface area (Å²) in [6.45, 7) is 8.12. The predicted octanol–water partition coefficient (Wildman–Crippen LogP) is 2.84. The molecule has 4 rings (SSSR count). The molecule has 3 heterocycles. The zero-order valence-corrected chi connectivity index (χ0v) is 15.7. The molecule has 0 N–H and O–H groups in total. The first-order valence-electron chi connectivity index (χ1n) is 9.97. The second-order valence-corrected chi connectivity index (χ2v) is 7.89. The van der Waals surface area contributed by atoms with E-state index in [-0.39, 0.29) is 5.56 Å². The van der Waals surface area contributed by atoms with E-state index in [1.54, 1.807) is 0 Å². The maximum atomic E-state index is 12.9. The molecule has 0 saturated carbocycles. The van der Waals surface area contributed by atoms with E-state index >= 15 is 0 Å². The lowest BCUT2D eigenvalue weighted by Crippen LogP contribution is -2.40. The highest BCUT2D eigenvalue weighted by molar-refractivity contribution is 5.77. The Morgan fingerprint density at radius 2 is 1.73 bits per heavy atom. The van der Waals surface area contributed by atoms with Crippen LogP contribution in [0, 0.1) is 18.8 Å². The van der Waals surface area contributed by atoms with Crippen LogP contribution in [0.15, 0.2) is 29.1 Å². The number of likely N-dealkylation sites (tertiary alicyclic amines) is 1. The molecule has 2 aromatic rings. The Labute approximate surface area is 155 Å². The summed E-state index contributed by atoms with van der Waals surface area (Å²) in [4.78, 5) is 20.1. The number of benzene rings is 1. The fourth-order valence-corrected chi connectivity index (χ4v) is 4.40. The molecule has 140 valence electrons. The first kappa shape index (κ1) is 17.7. The van der Waals surface area contributed by atoms with Crippen molar-refractivity contribution in [3.63, 3.8) is 0 Å². The summed E-state index contributed by atoms with van der Waals surface area (Å²) < 4.78 is 7.36. The standard InChI is InChI=1S/C21H29N3O2/c1-16-22-20-5-3-2-4-19(20)21(25)24(16)15-17-6-10-23(11-7-17)14-18-8-12-26-13-9-18/h2-5,17-18H,6-15H2,1H3. The Bertz CT molecular complexity index is 802. The van der Waals surface area contributed by atoms with Gasteiger partial charge >= 0.3 is 0 Å². The van der Waals surface area contributed by atoms with Crippen molar-refractivity contribution >= 4 is 10.9 Å². The highest BCUT2D eigenvalue weighted by Gasteiger charge is 2.24. The molecular weight excluding hydrogens is 326 g/mol. The van der Waals surface area contributed by atoms with Crippen LogP contribution in [-0.2, 0) is 11.3 Å². The van der Waals surface area contributed by atoms with Gasteiger partial charge in [-0.1, -0.05) is 12.1 Å². The largest absolute Gasteiger partial charge is 0.381 e. The van der Waals surface area contributed by atoms with E-state index in [0.717, 1.165) is 55.5 Å².